The van der Waals surface area contributed by atoms with Crippen molar-refractivity contribution < 1.29 is 23.8 Å². The maximum absolute atomic E-state index is 14.1. The van der Waals surface area contributed by atoms with Gasteiger partial charge in [-0.25, -0.2) is 0 Å². The molecule has 2 amide bonds. The average Bonchev–Trinajstić information content (AvgIpc) is 3.63. The number of rotatable bonds is 10. The van der Waals surface area contributed by atoms with Gasteiger partial charge in [0.2, 0.25) is 11.7 Å². The van der Waals surface area contributed by atoms with E-state index in [1.54, 1.807) is 16.2 Å². The SMILES string of the molecule is CCOc1cc(CN2C(=O)c3cc4sccc4n3C[C@]2(C)C(=O)NC2CCCC2)cc(OCC)c1OCC. The maximum atomic E-state index is 14.1. The van der Waals surface area contributed by atoms with E-state index in [0.29, 0.717) is 49.3 Å². The van der Waals surface area contributed by atoms with Crippen LogP contribution in [-0.4, -0.2) is 52.7 Å². The Morgan fingerprint density at radius 1 is 1.05 bits per heavy atom. The van der Waals surface area contributed by atoms with Crippen LogP contribution in [0.25, 0.3) is 10.2 Å². The first-order valence-corrected chi connectivity index (χ1v) is 14.5. The smallest absolute Gasteiger partial charge is 0.271 e. The Bertz CT molecular complexity index is 1300. The van der Waals surface area contributed by atoms with Crippen LogP contribution in [0.2, 0.25) is 0 Å². The highest BCUT2D eigenvalue weighted by atomic mass is 32.1. The Morgan fingerprint density at radius 3 is 2.34 bits per heavy atom. The third kappa shape index (κ3) is 4.72. The van der Waals surface area contributed by atoms with Crippen molar-refractivity contribution in [2.75, 3.05) is 19.8 Å². The molecule has 1 N–H and O–H groups in total. The van der Waals surface area contributed by atoms with E-state index in [2.05, 4.69) is 5.32 Å². The van der Waals surface area contributed by atoms with Gasteiger partial charge in [-0.1, -0.05) is 12.8 Å². The molecule has 1 saturated carbocycles. The van der Waals surface area contributed by atoms with E-state index in [0.717, 1.165) is 41.5 Å². The van der Waals surface area contributed by atoms with Gasteiger partial charge in [-0.15, -0.1) is 11.3 Å². The molecular weight excluding hydrogens is 502 g/mol. The lowest BCUT2D eigenvalue weighted by atomic mass is 9.93. The fourth-order valence-electron chi connectivity index (χ4n) is 5.65. The number of carbonyl (C=O) groups excluding carboxylic acids is 2. The van der Waals surface area contributed by atoms with E-state index in [1.807, 2.05) is 61.9 Å². The minimum absolute atomic E-state index is 0.110. The summed E-state index contributed by atoms with van der Waals surface area (Å²) in [6.07, 6.45) is 4.20. The van der Waals surface area contributed by atoms with Crippen LogP contribution in [0.15, 0.2) is 29.6 Å². The van der Waals surface area contributed by atoms with Gasteiger partial charge in [-0.2, -0.15) is 0 Å². The zero-order chi connectivity index (χ0) is 26.9. The number of fused-ring (bicyclic) bond motifs is 3. The number of nitrogens with one attached hydrogen (secondary N) is 1. The van der Waals surface area contributed by atoms with Crippen molar-refractivity contribution in [3.63, 3.8) is 0 Å². The number of thiophene rings is 1. The van der Waals surface area contributed by atoms with Gasteiger partial charge in [0.1, 0.15) is 11.2 Å². The fraction of sp³-hybridized carbons (Fsp3) is 0.517. The summed E-state index contributed by atoms with van der Waals surface area (Å²) in [6, 6.07) is 7.91. The van der Waals surface area contributed by atoms with Gasteiger partial charge >= 0.3 is 0 Å². The molecule has 8 nitrogen and oxygen atoms in total. The molecule has 0 bridgehead atoms. The van der Waals surface area contributed by atoms with Crippen molar-refractivity contribution in [1.29, 1.82) is 0 Å². The summed E-state index contributed by atoms with van der Waals surface area (Å²) in [5.41, 5.74) is 1.35. The summed E-state index contributed by atoms with van der Waals surface area (Å²) in [5, 5.41) is 5.29. The van der Waals surface area contributed by atoms with Gasteiger partial charge in [0, 0.05) is 12.6 Å². The van der Waals surface area contributed by atoms with E-state index in [9.17, 15) is 9.59 Å². The topological polar surface area (TPSA) is 82.0 Å². The summed E-state index contributed by atoms with van der Waals surface area (Å²) < 4.78 is 20.8. The van der Waals surface area contributed by atoms with Crippen LogP contribution < -0.4 is 19.5 Å². The molecule has 1 aromatic carbocycles. The first kappa shape index (κ1) is 26.4. The normalized spacial score (nSPS) is 19.6. The third-order valence-corrected chi connectivity index (χ3v) is 8.39. The molecule has 3 aromatic rings. The van der Waals surface area contributed by atoms with Crippen molar-refractivity contribution in [1.82, 2.24) is 14.8 Å². The number of hydrogen-bond donors (Lipinski definition) is 1. The Kier molecular flexibility index (Phi) is 7.56. The molecule has 3 heterocycles. The van der Waals surface area contributed by atoms with Crippen molar-refractivity contribution in [2.45, 2.75) is 78.0 Å². The van der Waals surface area contributed by atoms with Crippen molar-refractivity contribution in [3.05, 3.63) is 40.9 Å². The molecule has 0 unspecified atom stereocenters. The van der Waals surface area contributed by atoms with Gasteiger partial charge in [-0.3, -0.25) is 9.59 Å². The minimum Gasteiger partial charge on any atom is -0.490 e. The summed E-state index contributed by atoms with van der Waals surface area (Å²) in [6.45, 7) is 9.66. The molecule has 38 heavy (non-hydrogen) atoms. The largest absolute Gasteiger partial charge is 0.490 e. The molecule has 2 aromatic heterocycles. The van der Waals surface area contributed by atoms with E-state index < -0.39 is 5.54 Å². The summed E-state index contributed by atoms with van der Waals surface area (Å²) in [5.74, 6) is 1.43. The summed E-state index contributed by atoms with van der Waals surface area (Å²) >= 11 is 1.60. The number of amides is 2. The number of hydrogen-bond acceptors (Lipinski definition) is 6. The van der Waals surface area contributed by atoms with E-state index >= 15 is 0 Å². The summed E-state index contributed by atoms with van der Waals surface area (Å²) in [7, 11) is 0. The van der Waals surface area contributed by atoms with Gasteiger partial charge < -0.3 is 29.0 Å². The molecule has 0 saturated heterocycles. The average molecular weight is 540 g/mol. The predicted molar refractivity (Wildman–Crippen MR) is 148 cm³/mol. The number of benzene rings is 1. The Labute approximate surface area is 227 Å². The van der Waals surface area contributed by atoms with E-state index in [1.165, 1.54) is 0 Å². The molecule has 5 rings (SSSR count). The molecule has 204 valence electrons. The monoisotopic (exact) mass is 539 g/mol. The van der Waals surface area contributed by atoms with Crippen LogP contribution in [-0.2, 0) is 17.9 Å². The van der Waals surface area contributed by atoms with Crippen LogP contribution in [0.3, 0.4) is 0 Å². The highest BCUT2D eigenvalue weighted by Gasteiger charge is 2.48. The molecule has 9 heteroatoms. The standard InChI is InChI=1S/C29H37N3O5S/c1-5-35-23-14-19(15-24(36-6-2)26(23)37-7-3)17-32-27(33)22-16-25-21(12-13-38-25)31(22)18-29(32,4)28(34)30-20-10-8-9-11-20/h12-16,20H,5-11,17-18H2,1-4H3,(H,30,34)/t29-/m1/s1. The zero-order valence-electron chi connectivity index (χ0n) is 22.7. The molecular formula is C29H37N3O5S. The van der Waals surface area contributed by atoms with E-state index in [-0.39, 0.29) is 24.4 Å². The second-order valence-corrected chi connectivity index (χ2v) is 11.1. The second-order valence-electron chi connectivity index (χ2n) is 10.1. The second kappa shape index (κ2) is 10.9. The maximum Gasteiger partial charge on any atom is 0.271 e. The number of aromatic nitrogens is 1. The first-order chi connectivity index (χ1) is 18.4. The first-order valence-electron chi connectivity index (χ1n) is 13.6. The number of carbonyl (C=O) groups is 2. The van der Waals surface area contributed by atoms with Crippen LogP contribution in [0.5, 0.6) is 17.2 Å². The molecule has 1 aliphatic carbocycles. The fourth-order valence-corrected chi connectivity index (χ4v) is 6.47. The molecule has 1 aliphatic heterocycles. The Hall–Kier alpha value is -3.20. The van der Waals surface area contributed by atoms with Gasteiger partial charge in [0.05, 0.1) is 36.6 Å². The lowest BCUT2D eigenvalue weighted by molar-refractivity contribution is -0.133. The predicted octanol–water partition coefficient (Wildman–Crippen LogP) is 5.37. The molecule has 1 atom stereocenters. The Balaban J connectivity index is 1.56. The molecule has 0 spiro atoms. The molecule has 2 aliphatic rings. The van der Waals surface area contributed by atoms with Crippen molar-refractivity contribution >= 4 is 33.4 Å². The zero-order valence-corrected chi connectivity index (χ0v) is 23.5. The van der Waals surface area contributed by atoms with Gasteiger partial charge in [0.15, 0.2) is 11.5 Å². The quantitative estimate of drug-likeness (QED) is 0.375. The van der Waals surface area contributed by atoms with Gasteiger partial charge in [-0.05, 0) is 75.7 Å². The van der Waals surface area contributed by atoms with Gasteiger partial charge in [0.25, 0.3) is 5.91 Å². The van der Waals surface area contributed by atoms with Crippen LogP contribution in [0, 0.1) is 0 Å². The van der Waals surface area contributed by atoms with Crippen LogP contribution in [0.1, 0.15) is 69.4 Å². The van der Waals surface area contributed by atoms with Crippen LogP contribution >= 0.6 is 11.3 Å². The number of nitrogens with zero attached hydrogens (tertiary/aromatic N) is 2. The minimum atomic E-state index is -1.07. The van der Waals surface area contributed by atoms with Crippen LogP contribution in [0.4, 0.5) is 0 Å². The molecule has 0 radical (unpaired) electrons. The lowest BCUT2D eigenvalue weighted by Gasteiger charge is -2.44. The third-order valence-electron chi connectivity index (χ3n) is 7.54. The number of ether oxygens (including phenoxy) is 3. The van der Waals surface area contributed by atoms with Crippen molar-refractivity contribution in [2.24, 2.45) is 0 Å². The highest BCUT2D eigenvalue weighted by Crippen LogP contribution is 2.41. The van der Waals surface area contributed by atoms with Crippen molar-refractivity contribution in [3.8, 4) is 17.2 Å². The highest BCUT2D eigenvalue weighted by molar-refractivity contribution is 7.17. The molecule has 1 fully saturated rings. The Morgan fingerprint density at radius 2 is 1.71 bits per heavy atom. The summed E-state index contributed by atoms with van der Waals surface area (Å²) in [4.78, 5) is 29.7. The lowest BCUT2D eigenvalue weighted by Crippen LogP contribution is -2.64. The van der Waals surface area contributed by atoms with E-state index in [4.69, 9.17) is 14.2 Å².